The highest BCUT2D eigenvalue weighted by atomic mass is 35.5. The topological polar surface area (TPSA) is 123 Å². The SMILES string of the molecule is CC1OC(c2ccc3c(c2O)C(=O)C2=C(C3=O)[C@H]3OC(=O)C[C@H]3O[C@@H]2C)CC(N(C)C)C1O.Cl. The van der Waals surface area contributed by atoms with Gasteiger partial charge in [0, 0.05) is 22.7 Å². The molecule has 0 amide bonds. The molecule has 3 heterocycles. The summed E-state index contributed by atoms with van der Waals surface area (Å²) in [6.45, 7) is 3.41. The van der Waals surface area contributed by atoms with E-state index in [-0.39, 0.29) is 52.9 Å². The Morgan fingerprint density at radius 1 is 1.03 bits per heavy atom. The number of phenols is 1. The van der Waals surface area contributed by atoms with Crippen LogP contribution in [0.4, 0.5) is 0 Å². The van der Waals surface area contributed by atoms with Gasteiger partial charge in [0.1, 0.15) is 11.9 Å². The van der Waals surface area contributed by atoms with Gasteiger partial charge in [-0.1, -0.05) is 6.07 Å². The van der Waals surface area contributed by atoms with Crippen LogP contribution in [0.5, 0.6) is 5.75 Å². The van der Waals surface area contributed by atoms with Gasteiger partial charge in [0.2, 0.25) is 0 Å². The minimum absolute atomic E-state index is 0. The minimum atomic E-state index is -0.917. The molecule has 1 aromatic rings. The number of phenolic OH excluding ortho intramolecular Hbond substituents is 1. The normalized spacial score (nSPS) is 34.9. The van der Waals surface area contributed by atoms with Gasteiger partial charge in [-0.3, -0.25) is 14.4 Å². The summed E-state index contributed by atoms with van der Waals surface area (Å²) in [5, 5.41) is 21.7. The van der Waals surface area contributed by atoms with Gasteiger partial charge in [-0.05, 0) is 40.4 Å². The van der Waals surface area contributed by atoms with Gasteiger partial charge in [0.15, 0.2) is 17.7 Å². The number of fused-ring (bicyclic) bond motifs is 3. The van der Waals surface area contributed by atoms with Crippen LogP contribution in [-0.2, 0) is 19.0 Å². The molecular weight excluding hydrogens is 466 g/mol. The maximum absolute atomic E-state index is 13.5. The summed E-state index contributed by atoms with van der Waals surface area (Å²) in [5.74, 6) is -1.74. The van der Waals surface area contributed by atoms with Crippen LogP contribution in [0.1, 0.15) is 59.1 Å². The molecule has 7 atom stereocenters. The first-order valence-electron chi connectivity index (χ1n) is 11.1. The first kappa shape index (κ1) is 24.8. The molecule has 10 heteroatoms. The number of ether oxygens (including phenoxy) is 3. The number of ketones is 2. The molecule has 5 rings (SSSR count). The lowest BCUT2D eigenvalue weighted by Gasteiger charge is -2.41. The fourth-order valence-electron chi connectivity index (χ4n) is 5.51. The summed E-state index contributed by atoms with van der Waals surface area (Å²) in [6.07, 6.45) is -3.57. The minimum Gasteiger partial charge on any atom is -0.507 e. The molecule has 4 unspecified atom stereocenters. The van der Waals surface area contributed by atoms with Gasteiger partial charge in [-0.25, -0.2) is 0 Å². The number of Topliss-reactive ketones (excluding diaryl/α,β-unsaturated/α-hetero) is 2. The number of nitrogens with zero attached hydrogens (tertiary/aromatic N) is 1. The largest absolute Gasteiger partial charge is 0.507 e. The third kappa shape index (κ3) is 3.58. The van der Waals surface area contributed by atoms with E-state index in [1.165, 1.54) is 6.07 Å². The van der Waals surface area contributed by atoms with E-state index >= 15 is 0 Å². The molecule has 4 aliphatic rings. The van der Waals surface area contributed by atoms with Crippen molar-refractivity contribution in [2.45, 2.75) is 69.4 Å². The molecule has 1 aliphatic carbocycles. The number of hydrogen-bond acceptors (Lipinski definition) is 9. The lowest BCUT2D eigenvalue weighted by Crippen LogP contribution is -2.50. The first-order valence-corrected chi connectivity index (χ1v) is 11.1. The molecule has 0 spiro atoms. The zero-order valence-corrected chi connectivity index (χ0v) is 20.1. The van der Waals surface area contributed by atoms with Gasteiger partial charge in [-0.2, -0.15) is 0 Å². The highest BCUT2D eigenvalue weighted by molar-refractivity contribution is 6.29. The zero-order valence-electron chi connectivity index (χ0n) is 19.3. The van der Waals surface area contributed by atoms with Gasteiger partial charge in [-0.15, -0.1) is 12.4 Å². The lowest BCUT2D eigenvalue weighted by atomic mass is 9.76. The number of rotatable bonds is 2. The molecule has 2 N–H and O–H groups in total. The van der Waals surface area contributed by atoms with Crippen molar-refractivity contribution in [1.82, 2.24) is 4.90 Å². The average molecular weight is 494 g/mol. The van der Waals surface area contributed by atoms with Crippen LogP contribution in [0.15, 0.2) is 23.3 Å². The monoisotopic (exact) mass is 493 g/mol. The maximum Gasteiger partial charge on any atom is 0.309 e. The number of esters is 1. The summed E-state index contributed by atoms with van der Waals surface area (Å²) in [4.78, 5) is 40.7. The van der Waals surface area contributed by atoms with Crippen LogP contribution in [0.25, 0.3) is 0 Å². The van der Waals surface area contributed by atoms with Crippen LogP contribution in [0.3, 0.4) is 0 Å². The van der Waals surface area contributed by atoms with Crippen molar-refractivity contribution in [2.75, 3.05) is 14.1 Å². The molecule has 3 aliphatic heterocycles. The molecule has 0 bridgehead atoms. The van der Waals surface area contributed by atoms with Crippen LogP contribution >= 0.6 is 12.4 Å². The quantitative estimate of drug-likeness (QED) is 0.593. The van der Waals surface area contributed by atoms with Crippen molar-refractivity contribution in [3.8, 4) is 5.75 Å². The Balaban J connectivity index is 0.00000274. The van der Waals surface area contributed by atoms with E-state index in [1.807, 2.05) is 19.0 Å². The number of halogens is 1. The Morgan fingerprint density at radius 2 is 1.74 bits per heavy atom. The third-order valence-electron chi connectivity index (χ3n) is 7.21. The van der Waals surface area contributed by atoms with E-state index < -0.39 is 54.2 Å². The fourth-order valence-corrected chi connectivity index (χ4v) is 5.51. The number of carbonyl (C=O) groups excluding carboxylic acids is 3. The smallest absolute Gasteiger partial charge is 0.309 e. The molecular formula is C24H28ClNO8. The van der Waals surface area contributed by atoms with Crippen molar-refractivity contribution in [3.05, 3.63) is 40.0 Å². The van der Waals surface area contributed by atoms with Crippen molar-refractivity contribution < 1.29 is 38.8 Å². The fraction of sp³-hybridized carbons (Fsp3) is 0.542. The van der Waals surface area contributed by atoms with E-state index in [1.54, 1.807) is 19.9 Å². The molecule has 1 aromatic carbocycles. The first-order chi connectivity index (χ1) is 15.6. The standard InChI is InChI=1S/C24H27NO8.ClH/c1-9-17-19(24-15(31-9)8-16(26)33-24)22(29)12-6-5-11(21(28)18(12)23(17)30)14-7-13(25(3)4)20(27)10(2)32-14;/h5-6,9-10,13-15,20,24,27-28H,7-8H2,1-4H3;1H/t9-,10?,13?,14?,15-,20?,24+;/m1./s1. The Labute approximate surface area is 203 Å². The average Bonchev–Trinajstić information content (AvgIpc) is 3.12. The van der Waals surface area contributed by atoms with E-state index in [0.29, 0.717) is 12.0 Å². The zero-order chi connectivity index (χ0) is 23.8. The molecule has 34 heavy (non-hydrogen) atoms. The number of aliphatic hydroxyl groups is 1. The van der Waals surface area contributed by atoms with E-state index in [4.69, 9.17) is 14.2 Å². The van der Waals surface area contributed by atoms with Crippen LogP contribution in [-0.4, -0.2) is 83.3 Å². The predicted molar refractivity (Wildman–Crippen MR) is 121 cm³/mol. The number of carbonyl (C=O) groups is 3. The van der Waals surface area contributed by atoms with Crippen molar-refractivity contribution in [3.63, 3.8) is 0 Å². The highest BCUT2D eigenvalue weighted by Gasteiger charge is 2.51. The second kappa shape index (κ2) is 8.73. The maximum atomic E-state index is 13.5. The lowest BCUT2D eigenvalue weighted by molar-refractivity contribution is -0.142. The summed E-state index contributed by atoms with van der Waals surface area (Å²) >= 11 is 0. The summed E-state index contributed by atoms with van der Waals surface area (Å²) < 4.78 is 17.1. The second-order valence-electron chi connectivity index (χ2n) is 9.43. The molecule has 0 radical (unpaired) electrons. The number of aliphatic hydroxyl groups excluding tert-OH is 1. The van der Waals surface area contributed by atoms with Gasteiger partial charge >= 0.3 is 5.97 Å². The Bertz CT molecular complexity index is 1100. The number of hydrogen-bond donors (Lipinski definition) is 2. The summed E-state index contributed by atoms with van der Waals surface area (Å²) in [7, 11) is 3.72. The van der Waals surface area contributed by atoms with Crippen molar-refractivity contribution in [2.24, 2.45) is 0 Å². The van der Waals surface area contributed by atoms with Crippen LogP contribution in [0.2, 0.25) is 0 Å². The van der Waals surface area contributed by atoms with E-state index in [2.05, 4.69) is 0 Å². The van der Waals surface area contributed by atoms with Gasteiger partial charge in [0.25, 0.3) is 0 Å². The van der Waals surface area contributed by atoms with Crippen molar-refractivity contribution >= 4 is 29.9 Å². The molecule has 9 nitrogen and oxygen atoms in total. The summed E-state index contributed by atoms with van der Waals surface area (Å²) in [5.41, 5.74) is 0.643. The molecule has 0 aromatic heterocycles. The Hall–Kier alpha value is -2.30. The highest BCUT2D eigenvalue weighted by Crippen LogP contribution is 2.45. The molecule has 2 saturated heterocycles. The number of likely N-dealkylation sites (N-methyl/N-ethyl adjacent to an activating group) is 1. The predicted octanol–water partition coefficient (Wildman–Crippen LogP) is 1.73. The third-order valence-corrected chi connectivity index (χ3v) is 7.21. The van der Waals surface area contributed by atoms with E-state index in [9.17, 15) is 24.6 Å². The van der Waals surface area contributed by atoms with Gasteiger partial charge in [0.05, 0.1) is 42.0 Å². The van der Waals surface area contributed by atoms with Gasteiger partial charge < -0.3 is 29.3 Å². The number of aromatic hydroxyl groups is 1. The van der Waals surface area contributed by atoms with E-state index in [0.717, 1.165) is 0 Å². The Kier molecular flexibility index (Phi) is 6.37. The second-order valence-corrected chi connectivity index (χ2v) is 9.43. The van der Waals surface area contributed by atoms with Crippen LogP contribution in [0, 0.1) is 0 Å². The number of benzene rings is 1. The van der Waals surface area contributed by atoms with Crippen molar-refractivity contribution in [1.29, 1.82) is 0 Å². The Morgan fingerprint density at radius 3 is 2.41 bits per heavy atom. The molecule has 0 saturated carbocycles. The molecule has 184 valence electrons. The van der Waals surface area contributed by atoms with Crippen LogP contribution < -0.4 is 0 Å². The summed E-state index contributed by atoms with van der Waals surface area (Å²) in [6, 6.07) is 2.90. The molecule has 2 fully saturated rings.